The fraction of sp³-hybridized carbons (Fsp3) is 0.200. The fourth-order valence-corrected chi connectivity index (χ4v) is 0.890. The molecule has 0 unspecified atom stereocenters. The van der Waals surface area contributed by atoms with E-state index in [0.29, 0.717) is 0 Å². The van der Waals surface area contributed by atoms with Gasteiger partial charge in [-0.15, -0.1) is 0 Å². The van der Waals surface area contributed by atoms with E-state index >= 15 is 0 Å². The maximum atomic E-state index is 3.15. The second-order valence-corrected chi connectivity index (χ2v) is 2.25. The Morgan fingerprint density at radius 3 is 2.60 bits per heavy atom. The molecule has 0 atom stereocenters. The third-order valence-corrected chi connectivity index (χ3v) is 1.44. The number of benzene rings is 1. The highest BCUT2D eigenvalue weighted by atomic mass is 13.9. The third-order valence-electron chi connectivity index (χ3n) is 1.44. The van der Waals surface area contributed by atoms with Crippen molar-refractivity contribution >= 4 is 0 Å². The number of hydrogen-bond donors (Lipinski definition) is 0. The normalized spacial score (nSPS) is 10.6. The molecular formula is C10H11. The van der Waals surface area contributed by atoms with E-state index < -0.39 is 0 Å². The maximum absolute atomic E-state index is 3.15. The zero-order valence-electron chi connectivity index (χ0n) is 6.39. The summed E-state index contributed by atoms with van der Waals surface area (Å²) in [6.45, 7) is 4.07. The molecule has 0 aromatic heterocycles. The average Bonchev–Trinajstić information content (AvgIpc) is 1.94. The SMILES string of the molecule is C/C=[C]/c1ccccc1C. The molecule has 1 rings (SSSR count). The number of allylic oxidation sites excluding steroid dienone is 1. The molecule has 0 fully saturated rings. The highest BCUT2D eigenvalue weighted by Gasteiger charge is 1.88. The van der Waals surface area contributed by atoms with Crippen LogP contribution >= 0.6 is 0 Å². The Balaban J connectivity index is 3.03. The van der Waals surface area contributed by atoms with Crippen LogP contribution in [0, 0.1) is 13.0 Å². The van der Waals surface area contributed by atoms with Crippen molar-refractivity contribution in [1.29, 1.82) is 0 Å². The average molecular weight is 131 g/mol. The molecule has 0 heterocycles. The lowest BCUT2D eigenvalue weighted by Crippen LogP contribution is -1.78. The predicted molar refractivity (Wildman–Crippen MR) is 43.8 cm³/mol. The van der Waals surface area contributed by atoms with Crippen LogP contribution in [0.3, 0.4) is 0 Å². The first kappa shape index (κ1) is 7.07. The minimum Gasteiger partial charge on any atom is -0.0792 e. The monoisotopic (exact) mass is 131 g/mol. The summed E-state index contributed by atoms with van der Waals surface area (Å²) in [7, 11) is 0. The molecule has 0 aliphatic rings. The molecule has 0 amide bonds. The minimum absolute atomic E-state index is 1.19. The molecule has 0 aliphatic carbocycles. The Morgan fingerprint density at radius 1 is 1.30 bits per heavy atom. The van der Waals surface area contributed by atoms with Crippen LogP contribution in [0.2, 0.25) is 0 Å². The van der Waals surface area contributed by atoms with E-state index in [2.05, 4.69) is 25.1 Å². The Labute approximate surface area is 62.2 Å². The number of aryl methyl sites for hydroxylation is 1. The summed E-state index contributed by atoms with van der Waals surface area (Å²) < 4.78 is 0. The lowest BCUT2D eigenvalue weighted by Gasteiger charge is -1.95. The molecule has 0 saturated heterocycles. The molecule has 0 N–H and O–H groups in total. The van der Waals surface area contributed by atoms with Gasteiger partial charge in [-0.05, 0) is 31.1 Å². The van der Waals surface area contributed by atoms with Crippen molar-refractivity contribution in [1.82, 2.24) is 0 Å². The maximum Gasteiger partial charge on any atom is -0.0149 e. The molecule has 1 radical (unpaired) electrons. The molecule has 1 aromatic rings. The van der Waals surface area contributed by atoms with Crippen molar-refractivity contribution in [2.75, 3.05) is 0 Å². The van der Waals surface area contributed by atoms with Gasteiger partial charge in [0.1, 0.15) is 0 Å². The molecule has 0 bridgehead atoms. The highest BCUT2D eigenvalue weighted by molar-refractivity contribution is 5.30. The summed E-state index contributed by atoms with van der Waals surface area (Å²) in [6, 6.07) is 8.22. The summed E-state index contributed by atoms with van der Waals surface area (Å²) in [5.41, 5.74) is 2.46. The van der Waals surface area contributed by atoms with Crippen molar-refractivity contribution in [2.24, 2.45) is 0 Å². The molecule has 10 heavy (non-hydrogen) atoms. The zero-order chi connectivity index (χ0) is 7.40. The summed E-state index contributed by atoms with van der Waals surface area (Å²) >= 11 is 0. The first-order chi connectivity index (χ1) is 4.84. The standard InChI is InChI=1S/C10H11/c1-3-6-10-8-5-4-7-9(10)2/h3-5,7-8H,1-2H3. The molecule has 0 saturated carbocycles. The Kier molecular flexibility index (Phi) is 2.27. The van der Waals surface area contributed by atoms with Gasteiger partial charge >= 0.3 is 0 Å². The first-order valence-electron chi connectivity index (χ1n) is 3.44. The topological polar surface area (TPSA) is 0 Å². The fourth-order valence-electron chi connectivity index (χ4n) is 0.890. The van der Waals surface area contributed by atoms with Gasteiger partial charge in [0.2, 0.25) is 0 Å². The van der Waals surface area contributed by atoms with Crippen molar-refractivity contribution in [3.63, 3.8) is 0 Å². The van der Waals surface area contributed by atoms with Gasteiger partial charge in [-0.3, -0.25) is 0 Å². The number of rotatable bonds is 1. The predicted octanol–water partition coefficient (Wildman–Crippen LogP) is 2.72. The zero-order valence-corrected chi connectivity index (χ0v) is 6.39. The Bertz CT molecular complexity index is 234. The lowest BCUT2D eigenvalue weighted by atomic mass is 10.1. The second-order valence-electron chi connectivity index (χ2n) is 2.25. The van der Waals surface area contributed by atoms with E-state index in [9.17, 15) is 0 Å². The van der Waals surface area contributed by atoms with E-state index in [-0.39, 0.29) is 0 Å². The summed E-state index contributed by atoms with van der Waals surface area (Å²) in [5.74, 6) is 0. The van der Waals surface area contributed by atoms with E-state index in [1.807, 2.05) is 25.1 Å². The van der Waals surface area contributed by atoms with E-state index in [0.717, 1.165) is 0 Å². The van der Waals surface area contributed by atoms with Gasteiger partial charge in [-0.1, -0.05) is 30.3 Å². The van der Waals surface area contributed by atoms with E-state index in [1.165, 1.54) is 11.1 Å². The summed E-state index contributed by atoms with van der Waals surface area (Å²) in [4.78, 5) is 0. The highest BCUT2D eigenvalue weighted by Crippen LogP contribution is 2.05. The van der Waals surface area contributed by atoms with Crippen LogP contribution in [0.25, 0.3) is 0 Å². The van der Waals surface area contributed by atoms with E-state index in [1.54, 1.807) is 0 Å². The molecular weight excluding hydrogens is 120 g/mol. The first-order valence-corrected chi connectivity index (χ1v) is 3.44. The van der Waals surface area contributed by atoms with Gasteiger partial charge in [0.05, 0.1) is 0 Å². The van der Waals surface area contributed by atoms with Crippen LogP contribution in [-0.4, -0.2) is 0 Å². The summed E-state index contributed by atoms with van der Waals surface area (Å²) in [5, 5.41) is 0. The van der Waals surface area contributed by atoms with Gasteiger partial charge < -0.3 is 0 Å². The van der Waals surface area contributed by atoms with Gasteiger partial charge in [0.25, 0.3) is 0 Å². The van der Waals surface area contributed by atoms with Crippen LogP contribution in [0.1, 0.15) is 18.1 Å². The Morgan fingerprint density at radius 2 is 2.00 bits per heavy atom. The third kappa shape index (κ3) is 1.47. The van der Waals surface area contributed by atoms with Crippen molar-refractivity contribution in [2.45, 2.75) is 13.8 Å². The molecule has 0 nitrogen and oxygen atoms in total. The molecule has 1 aromatic carbocycles. The number of hydrogen-bond acceptors (Lipinski definition) is 0. The van der Waals surface area contributed by atoms with Crippen LogP contribution in [0.5, 0.6) is 0 Å². The quantitative estimate of drug-likeness (QED) is 0.549. The van der Waals surface area contributed by atoms with Crippen LogP contribution in [0.4, 0.5) is 0 Å². The molecule has 0 heteroatoms. The largest absolute Gasteiger partial charge is 0.0792 e. The molecule has 0 spiro atoms. The molecule has 51 valence electrons. The minimum atomic E-state index is 1.19. The summed E-state index contributed by atoms with van der Waals surface area (Å²) in [6.07, 6.45) is 5.08. The second kappa shape index (κ2) is 3.21. The van der Waals surface area contributed by atoms with Crippen LogP contribution in [-0.2, 0) is 0 Å². The smallest absolute Gasteiger partial charge is 0.0149 e. The Hall–Kier alpha value is -1.04. The van der Waals surface area contributed by atoms with Gasteiger partial charge in [-0.25, -0.2) is 0 Å². The van der Waals surface area contributed by atoms with Crippen LogP contribution < -0.4 is 0 Å². The molecule has 0 aliphatic heterocycles. The van der Waals surface area contributed by atoms with Crippen molar-refractivity contribution in [3.8, 4) is 0 Å². The van der Waals surface area contributed by atoms with Gasteiger partial charge in [-0.2, -0.15) is 0 Å². The van der Waals surface area contributed by atoms with Crippen LogP contribution in [0.15, 0.2) is 30.3 Å². The van der Waals surface area contributed by atoms with Crippen molar-refractivity contribution < 1.29 is 0 Å². The van der Waals surface area contributed by atoms with Gasteiger partial charge in [0.15, 0.2) is 0 Å². The van der Waals surface area contributed by atoms with E-state index in [4.69, 9.17) is 0 Å². The van der Waals surface area contributed by atoms with Crippen molar-refractivity contribution in [3.05, 3.63) is 47.5 Å². The van der Waals surface area contributed by atoms with Gasteiger partial charge in [0, 0.05) is 0 Å². The lowest BCUT2D eigenvalue weighted by molar-refractivity contribution is 1.39.